The minimum Gasteiger partial charge on any atom is -0.486 e. The smallest absolute Gasteiger partial charge is 0.185 e. The van der Waals surface area contributed by atoms with Crippen LogP contribution in [-0.2, 0) is 7.05 Å². The lowest BCUT2D eigenvalue weighted by molar-refractivity contribution is 0.170. The zero-order chi connectivity index (χ0) is 16.7. The van der Waals surface area contributed by atoms with Gasteiger partial charge in [0.1, 0.15) is 13.2 Å². The predicted molar refractivity (Wildman–Crippen MR) is 90.9 cm³/mol. The molecule has 2 aliphatic heterocycles. The van der Waals surface area contributed by atoms with Gasteiger partial charge >= 0.3 is 0 Å². The van der Waals surface area contributed by atoms with Crippen LogP contribution < -0.4 is 14.4 Å². The molecule has 0 saturated heterocycles. The van der Waals surface area contributed by atoms with Crippen LogP contribution in [0.5, 0.6) is 11.5 Å². The van der Waals surface area contributed by atoms with Crippen LogP contribution in [-0.4, -0.2) is 34.3 Å². The highest BCUT2D eigenvalue weighted by Gasteiger charge is 2.26. The van der Waals surface area contributed by atoms with Gasteiger partial charge in [-0.1, -0.05) is 6.07 Å². The Balaban J connectivity index is 1.79. The quantitative estimate of drug-likeness (QED) is 0.918. The summed E-state index contributed by atoms with van der Waals surface area (Å²) in [6.45, 7) is 3.02. The molecule has 0 saturated carbocycles. The molecular weight excluding hydrogens is 306 g/mol. The second-order valence-corrected chi connectivity index (χ2v) is 5.92. The highest BCUT2D eigenvalue weighted by atomic mass is 16.6. The number of allylic oxidation sites excluding steroid dienone is 2. The molecule has 24 heavy (non-hydrogen) atoms. The van der Waals surface area contributed by atoms with Gasteiger partial charge in [-0.2, -0.15) is 5.10 Å². The van der Waals surface area contributed by atoms with E-state index in [0.717, 1.165) is 22.4 Å². The topological polar surface area (TPSA) is 59.8 Å². The lowest BCUT2D eigenvalue weighted by Gasteiger charge is -2.32. The van der Waals surface area contributed by atoms with Crippen LogP contribution in [0.4, 0.5) is 5.69 Å². The van der Waals surface area contributed by atoms with Crippen LogP contribution in [0.3, 0.4) is 0 Å². The molecule has 0 bridgehead atoms. The van der Waals surface area contributed by atoms with Gasteiger partial charge in [-0.3, -0.25) is 4.68 Å². The Hall–Kier alpha value is -2.73. The van der Waals surface area contributed by atoms with E-state index >= 15 is 0 Å². The summed E-state index contributed by atoms with van der Waals surface area (Å²) in [7, 11) is 1.89. The van der Waals surface area contributed by atoms with Crippen molar-refractivity contribution in [2.45, 2.75) is 13.2 Å². The Morgan fingerprint density at radius 3 is 2.88 bits per heavy atom. The predicted octanol–water partition coefficient (Wildman–Crippen LogP) is 2.32. The summed E-state index contributed by atoms with van der Waals surface area (Å²) in [6, 6.07) is 5.70. The lowest BCUT2D eigenvalue weighted by atomic mass is 9.99. The number of hydrogen-bond acceptors (Lipinski definition) is 5. The number of nitrogens with zero attached hydrogens (tertiary/aromatic N) is 3. The van der Waals surface area contributed by atoms with Gasteiger partial charge in [0.2, 0.25) is 0 Å². The van der Waals surface area contributed by atoms with E-state index in [0.29, 0.717) is 24.7 Å². The third kappa shape index (κ3) is 2.45. The van der Waals surface area contributed by atoms with Gasteiger partial charge in [-0.15, -0.1) is 0 Å². The van der Waals surface area contributed by atoms with E-state index in [-0.39, 0.29) is 0 Å². The largest absolute Gasteiger partial charge is 0.486 e. The van der Waals surface area contributed by atoms with Crippen molar-refractivity contribution in [3.63, 3.8) is 0 Å². The third-order valence-electron chi connectivity index (χ3n) is 4.22. The average molecular weight is 325 g/mol. The van der Waals surface area contributed by atoms with E-state index in [4.69, 9.17) is 9.47 Å². The first-order chi connectivity index (χ1) is 11.6. The number of anilines is 1. The molecule has 1 N–H and O–H groups in total. The standard InChI is InChI=1S/C18H19N3O3/c1-12-8-17(22)21(11-14(12)13-9-19-20(2)10-13)15-4-3-5-16-18(15)24-7-6-23-16/h3-5,8-11,17,22H,6-7H2,1-2H3. The molecule has 0 fully saturated rings. The van der Waals surface area contributed by atoms with E-state index in [1.54, 1.807) is 9.58 Å². The Kier molecular flexibility index (Phi) is 3.54. The van der Waals surface area contributed by atoms with Crippen molar-refractivity contribution in [1.82, 2.24) is 9.78 Å². The number of aliphatic hydroxyl groups is 1. The Morgan fingerprint density at radius 2 is 2.08 bits per heavy atom. The highest BCUT2D eigenvalue weighted by Crippen LogP contribution is 2.42. The van der Waals surface area contributed by atoms with Crippen LogP contribution in [0.1, 0.15) is 12.5 Å². The first-order valence-corrected chi connectivity index (χ1v) is 7.88. The van der Waals surface area contributed by atoms with E-state index in [9.17, 15) is 5.11 Å². The molecule has 6 heteroatoms. The highest BCUT2D eigenvalue weighted by molar-refractivity contribution is 5.83. The molecule has 1 atom stereocenters. The Bertz CT molecular complexity index is 838. The van der Waals surface area contributed by atoms with E-state index in [1.165, 1.54) is 0 Å². The SMILES string of the molecule is CC1=CC(O)N(c2cccc3c2OCCO3)C=C1c1cnn(C)c1. The molecular formula is C18H19N3O3. The van der Waals surface area contributed by atoms with Gasteiger partial charge in [-0.05, 0) is 30.7 Å². The second kappa shape index (κ2) is 5.72. The second-order valence-electron chi connectivity index (χ2n) is 5.92. The van der Waals surface area contributed by atoms with Crippen molar-refractivity contribution in [2.75, 3.05) is 18.1 Å². The summed E-state index contributed by atoms with van der Waals surface area (Å²) in [5.41, 5.74) is 3.81. The van der Waals surface area contributed by atoms with Crippen molar-refractivity contribution >= 4 is 11.3 Å². The summed E-state index contributed by atoms with van der Waals surface area (Å²) in [6.07, 6.45) is 6.77. The fourth-order valence-corrected chi connectivity index (χ4v) is 3.05. The molecule has 0 aliphatic carbocycles. The van der Waals surface area contributed by atoms with Gasteiger partial charge in [0.15, 0.2) is 17.7 Å². The summed E-state index contributed by atoms with van der Waals surface area (Å²) in [4.78, 5) is 1.79. The normalized spacial score (nSPS) is 19.8. The molecule has 1 aromatic heterocycles. The molecule has 1 aromatic carbocycles. The van der Waals surface area contributed by atoms with E-state index in [1.807, 2.05) is 56.8 Å². The number of fused-ring (bicyclic) bond motifs is 1. The van der Waals surface area contributed by atoms with Crippen molar-refractivity contribution in [2.24, 2.45) is 7.05 Å². The maximum Gasteiger partial charge on any atom is 0.185 e. The van der Waals surface area contributed by atoms with Gasteiger partial charge in [0.25, 0.3) is 0 Å². The van der Waals surface area contributed by atoms with Gasteiger partial charge in [0, 0.05) is 30.6 Å². The van der Waals surface area contributed by atoms with Crippen molar-refractivity contribution < 1.29 is 14.6 Å². The van der Waals surface area contributed by atoms with Gasteiger partial charge in [-0.25, -0.2) is 0 Å². The first-order valence-electron chi connectivity index (χ1n) is 7.88. The van der Waals surface area contributed by atoms with Gasteiger partial charge < -0.3 is 19.5 Å². The number of aliphatic hydroxyl groups excluding tert-OH is 1. The van der Waals surface area contributed by atoms with Crippen molar-refractivity contribution in [3.8, 4) is 11.5 Å². The average Bonchev–Trinajstić information content (AvgIpc) is 3.01. The van der Waals surface area contributed by atoms with Crippen LogP contribution in [0.15, 0.2) is 48.4 Å². The molecule has 4 rings (SSSR count). The molecule has 0 spiro atoms. The molecule has 2 aromatic rings. The van der Waals surface area contributed by atoms with Gasteiger partial charge in [0.05, 0.1) is 11.9 Å². The minimum atomic E-state index is -0.762. The molecule has 0 amide bonds. The van der Waals surface area contributed by atoms with Crippen LogP contribution >= 0.6 is 0 Å². The Labute approximate surface area is 140 Å². The molecule has 6 nitrogen and oxygen atoms in total. The lowest BCUT2D eigenvalue weighted by Crippen LogP contribution is -2.32. The summed E-state index contributed by atoms with van der Waals surface area (Å²) < 4.78 is 13.2. The molecule has 124 valence electrons. The van der Waals surface area contributed by atoms with Crippen LogP contribution in [0, 0.1) is 0 Å². The number of hydrogen-bond donors (Lipinski definition) is 1. The Morgan fingerprint density at radius 1 is 1.25 bits per heavy atom. The zero-order valence-electron chi connectivity index (χ0n) is 13.6. The molecule has 3 heterocycles. The fraction of sp³-hybridized carbons (Fsp3) is 0.278. The fourth-order valence-electron chi connectivity index (χ4n) is 3.05. The van der Waals surface area contributed by atoms with Crippen molar-refractivity contribution in [1.29, 1.82) is 0 Å². The van der Waals surface area contributed by atoms with Crippen LogP contribution in [0.25, 0.3) is 5.57 Å². The number of para-hydroxylation sites is 1. The minimum absolute atomic E-state index is 0.502. The first kappa shape index (κ1) is 14.8. The number of aryl methyl sites for hydroxylation is 1. The van der Waals surface area contributed by atoms with E-state index < -0.39 is 6.23 Å². The summed E-state index contributed by atoms with van der Waals surface area (Å²) >= 11 is 0. The third-order valence-corrected chi connectivity index (χ3v) is 4.22. The number of benzene rings is 1. The number of ether oxygens (including phenoxy) is 2. The van der Waals surface area contributed by atoms with E-state index in [2.05, 4.69) is 5.10 Å². The summed E-state index contributed by atoms with van der Waals surface area (Å²) in [5.74, 6) is 1.37. The number of rotatable bonds is 2. The maximum absolute atomic E-state index is 10.6. The molecule has 2 aliphatic rings. The monoisotopic (exact) mass is 325 g/mol. The zero-order valence-corrected chi connectivity index (χ0v) is 13.6. The van der Waals surface area contributed by atoms with Crippen molar-refractivity contribution in [3.05, 3.63) is 54.0 Å². The molecule has 0 radical (unpaired) electrons. The van der Waals surface area contributed by atoms with Crippen LogP contribution in [0.2, 0.25) is 0 Å². The number of aromatic nitrogens is 2. The molecule has 1 unspecified atom stereocenters. The summed E-state index contributed by atoms with van der Waals surface area (Å²) in [5, 5.41) is 14.8. The maximum atomic E-state index is 10.6.